The van der Waals surface area contributed by atoms with E-state index in [1.165, 1.54) is 24.3 Å². The topological polar surface area (TPSA) is 113 Å². The molecule has 1 aromatic carbocycles. The molecule has 1 aromatic rings. The Kier molecular flexibility index (Phi) is 5.66. The lowest BCUT2D eigenvalue weighted by atomic mass is 10.1. The van der Waals surface area contributed by atoms with Gasteiger partial charge in [-0.15, -0.1) is 0 Å². The van der Waals surface area contributed by atoms with Gasteiger partial charge in [0.1, 0.15) is 0 Å². The zero-order chi connectivity index (χ0) is 15.2. The minimum atomic E-state index is -3.39. The second-order valence-electron chi connectivity index (χ2n) is 3.96. The van der Waals surface area contributed by atoms with Crippen molar-refractivity contribution in [2.45, 2.75) is 6.92 Å². The Bertz CT molecular complexity index is 598. The Balaban J connectivity index is 2.60. The third kappa shape index (κ3) is 4.98. The van der Waals surface area contributed by atoms with Crippen molar-refractivity contribution in [1.82, 2.24) is 10.0 Å². The number of hydrogen-bond donors (Lipinski definition) is 3. The van der Waals surface area contributed by atoms with Crippen LogP contribution in [0.4, 0.5) is 0 Å². The Morgan fingerprint density at radius 2 is 1.90 bits per heavy atom. The van der Waals surface area contributed by atoms with Crippen molar-refractivity contribution in [3.8, 4) is 0 Å². The Morgan fingerprint density at radius 1 is 1.25 bits per heavy atom. The van der Waals surface area contributed by atoms with E-state index in [1.807, 2.05) is 0 Å². The minimum absolute atomic E-state index is 0.00192. The summed E-state index contributed by atoms with van der Waals surface area (Å²) < 4.78 is 25.0. The van der Waals surface area contributed by atoms with Gasteiger partial charge in [0.25, 0.3) is 5.91 Å². The second-order valence-corrected chi connectivity index (χ2v) is 5.89. The summed E-state index contributed by atoms with van der Waals surface area (Å²) in [6, 6.07) is 5.51. The summed E-state index contributed by atoms with van der Waals surface area (Å²) in [5.74, 6) is -1.88. The van der Waals surface area contributed by atoms with Crippen LogP contribution in [0.3, 0.4) is 0 Å². The van der Waals surface area contributed by atoms with Gasteiger partial charge in [-0.3, -0.25) is 4.79 Å². The molecule has 0 radical (unpaired) electrons. The molecule has 1 rings (SSSR count). The molecule has 0 aliphatic rings. The molecule has 7 nitrogen and oxygen atoms in total. The van der Waals surface area contributed by atoms with E-state index >= 15 is 0 Å². The van der Waals surface area contributed by atoms with E-state index in [4.69, 9.17) is 5.11 Å². The molecule has 1 amide bonds. The van der Waals surface area contributed by atoms with Gasteiger partial charge in [-0.2, -0.15) is 0 Å². The molecule has 0 saturated carbocycles. The highest BCUT2D eigenvalue weighted by Crippen LogP contribution is 2.05. The number of carbonyl (C=O) groups excluding carboxylic acids is 1. The fourth-order valence-corrected chi connectivity index (χ4v) is 2.44. The van der Waals surface area contributed by atoms with E-state index < -0.39 is 21.9 Å². The summed E-state index contributed by atoms with van der Waals surface area (Å²) in [7, 11) is -3.39. The third-order valence-electron chi connectivity index (χ3n) is 2.39. The first kappa shape index (κ1) is 16.1. The van der Waals surface area contributed by atoms with Gasteiger partial charge in [-0.25, -0.2) is 17.9 Å². The highest BCUT2D eigenvalue weighted by atomic mass is 32.2. The largest absolute Gasteiger partial charge is 0.478 e. The minimum Gasteiger partial charge on any atom is -0.478 e. The first-order chi connectivity index (χ1) is 9.35. The number of carbonyl (C=O) groups is 2. The molecule has 3 N–H and O–H groups in total. The summed E-state index contributed by atoms with van der Waals surface area (Å²) >= 11 is 0. The molecule has 0 aliphatic carbocycles. The van der Waals surface area contributed by atoms with Gasteiger partial charge in [-0.05, 0) is 18.2 Å². The van der Waals surface area contributed by atoms with Crippen LogP contribution in [0.2, 0.25) is 0 Å². The van der Waals surface area contributed by atoms with Crippen LogP contribution in [-0.2, 0) is 10.0 Å². The van der Waals surface area contributed by atoms with Gasteiger partial charge < -0.3 is 10.4 Å². The van der Waals surface area contributed by atoms with Crippen molar-refractivity contribution >= 4 is 21.9 Å². The number of hydrogen-bond acceptors (Lipinski definition) is 4. The highest BCUT2D eigenvalue weighted by Gasteiger charge is 2.12. The molecule has 0 unspecified atom stereocenters. The maximum atomic E-state index is 11.7. The van der Waals surface area contributed by atoms with Crippen molar-refractivity contribution in [2.75, 3.05) is 18.8 Å². The Hall–Kier alpha value is -1.93. The fraction of sp³-hybridized carbons (Fsp3) is 0.333. The van der Waals surface area contributed by atoms with Crippen LogP contribution in [0.25, 0.3) is 0 Å². The number of sulfonamides is 1. The quantitative estimate of drug-likeness (QED) is 0.659. The van der Waals surface area contributed by atoms with Crippen LogP contribution in [-0.4, -0.2) is 44.2 Å². The molecular weight excluding hydrogens is 284 g/mol. The first-order valence-corrected chi connectivity index (χ1v) is 7.60. The number of rotatable bonds is 7. The van der Waals surface area contributed by atoms with Crippen LogP contribution in [0.15, 0.2) is 24.3 Å². The molecule has 0 fully saturated rings. The van der Waals surface area contributed by atoms with Gasteiger partial charge in [0.15, 0.2) is 0 Å². The summed E-state index contributed by atoms with van der Waals surface area (Å²) in [5, 5.41) is 11.2. The molecule has 110 valence electrons. The van der Waals surface area contributed by atoms with Gasteiger partial charge in [-0.1, -0.05) is 13.0 Å². The summed E-state index contributed by atoms with van der Waals surface area (Å²) in [4.78, 5) is 22.5. The smallest absolute Gasteiger partial charge is 0.335 e. The number of carboxylic acid groups (broad SMARTS) is 1. The lowest BCUT2D eigenvalue weighted by Crippen LogP contribution is -2.34. The lowest BCUT2D eigenvalue weighted by molar-refractivity contribution is 0.0697. The van der Waals surface area contributed by atoms with E-state index in [9.17, 15) is 18.0 Å². The zero-order valence-corrected chi connectivity index (χ0v) is 11.7. The molecule has 0 aliphatic heterocycles. The molecule has 0 saturated heterocycles. The van der Waals surface area contributed by atoms with E-state index in [-0.39, 0.29) is 30.0 Å². The summed E-state index contributed by atoms with van der Waals surface area (Å²) in [5.41, 5.74) is 0.170. The van der Waals surface area contributed by atoms with Crippen LogP contribution in [0.1, 0.15) is 27.6 Å². The van der Waals surface area contributed by atoms with Gasteiger partial charge >= 0.3 is 5.97 Å². The van der Waals surface area contributed by atoms with Crippen molar-refractivity contribution in [1.29, 1.82) is 0 Å². The molecular formula is C12H16N2O5S. The molecule has 0 atom stereocenters. The van der Waals surface area contributed by atoms with Crippen LogP contribution in [0, 0.1) is 0 Å². The number of nitrogens with one attached hydrogen (secondary N) is 2. The van der Waals surface area contributed by atoms with Crippen molar-refractivity contribution in [2.24, 2.45) is 0 Å². The van der Waals surface area contributed by atoms with E-state index in [0.29, 0.717) is 0 Å². The normalized spacial score (nSPS) is 11.1. The van der Waals surface area contributed by atoms with E-state index in [2.05, 4.69) is 10.0 Å². The number of carboxylic acids is 1. The average molecular weight is 300 g/mol. The summed E-state index contributed by atoms with van der Waals surface area (Å²) in [6.07, 6.45) is 0. The van der Waals surface area contributed by atoms with Crippen LogP contribution < -0.4 is 10.0 Å². The Labute approximate surface area is 117 Å². The van der Waals surface area contributed by atoms with Crippen molar-refractivity contribution in [3.05, 3.63) is 35.4 Å². The maximum Gasteiger partial charge on any atom is 0.335 e. The zero-order valence-electron chi connectivity index (χ0n) is 10.9. The third-order valence-corrected chi connectivity index (χ3v) is 3.86. The average Bonchev–Trinajstić information content (AvgIpc) is 2.38. The molecule has 0 spiro atoms. The second kappa shape index (κ2) is 7.01. The lowest BCUT2D eigenvalue weighted by Gasteiger charge is -2.07. The molecule has 8 heteroatoms. The molecule has 0 aromatic heterocycles. The maximum absolute atomic E-state index is 11.7. The highest BCUT2D eigenvalue weighted by molar-refractivity contribution is 7.89. The monoisotopic (exact) mass is 300 g/mol. The van der Waals surface area contributed by atoms with E-state index in [1.54, 1.807) is 6.92 Å². The molecule has 0 heterocycles. The van der Waals surface area contributed by atoms with Gasteiger partial charge in [0, 0.05) is 18.7 Å². The van der Waals surface area contributed by atoms with Crippen LogP contribution in [0.5, 0.6) is 0 Å². The summed E-state index contributed by atoms with van der Waals surface area (Å²) in [6.45, 7) is 1.90. The first-order valence-electron chi connectivity index (χ1n) is 5.94. The predicted molar refractivity (Wildman–Crippen MR) is 73.2 cm³/mol. The van der Waals surface area contributed by atoms with Gasteiger partial charge in [0.05, 0.1) is 11.3 Å². The van der Waals surface area contributed by atoms with Crippen molar-refractivity contribution in [3.63, 3.8) is 0 Å². The Morgan fingerprint density at radius 3 is 2.50 bits per heavy atom. The SMILES string of the molecule is CCNS(=O)(=O)CCNC(=O)c1cccc(C(=O)O)c1. The van der Waals surface area contributed by atoms with Crippen LogP contribution >= 0.6 is 0 Å². The predicted octanol–water partition coefficient (Wildman–Crippen LogP) is 0.0539. The fourth-order valence-electron chi connectivity index (χ4n) is 1.49. The number of aromatic carboxylic acids is 1. The number of benzene rings is 1. The standard InChI is InChI=1S/C12H16N2O5S/c1-2-14-20(18,19)7-6-13-11(15)9-4-3-5-10(8-9)12(16)17/h3-5,8,14H,2,6-7H2,1H3,(H,13,15)(H,16,17). The molecule has 20 heavy (non-hydrogen) atoms. The van der Waals surface area contributed by atoms with E-state index in [0.717, 1.165) is 0 Å². The molecule has 0 bridgehead atoms. The number of amides is 1. The van der Waals surface area contributed by atoms with Gasteiger partial charge in [0.2, 0.25) is 10.0 Å². The van der Waals surface area contributed by atoms with Crippen molar-refractivity contribution < 1.29 is 23.1 Å².